The van der Waals surface area contributed by atoms with Gasteiger partial charge in [0.25, 0.3) is 5.91 Å². The number of alkyl carbamates (subject to hydrolysis) is 2. The summed E-state index contributed by atoms with van der Waals surface area (Å²) in [5.74, 6) is 0.845. The second kappa shape index (κ2) is 15.9. The van der Waals surface area contributed by atoms with Crippen LogP contribution in [0.4, 0.5) is 9.59 Å². The third kappa shape index (κ3) is 7.49. The molecule has 294 valence electrons. The van der Waals surface area contributed by atoms with Crippen LogP contribution in [0.5, 0.6) is 0 Å². The summed E-state index contributed by atoms with van der Waals surface area (Å²) < 4.78 is 11.9. The summed E-state index contributed by atoms with van der Waals surface area (Å²) >= 11 is 3.38. The first kappa shape index (κ1) is 37.9. The topological polar surface area (TPSA) is 175 Å². The predicted octanol–water partition coefficient (Wildman–Crippen LogP) is 7.48. The Bertz CT molecular complexity index is 2450. The van der Waals surface area contributed by atoms with E-state index in [-0.39, 0.29) is 23.8 Å². The first-order valence-electron chi connectivity index (χ1n) is 18.7. The van der Waals surface area contributed by atoms with Gasteiger partial charge in [0, 0.05) is 27.4 Å². The van der Waals surface area contributed by atoms with Gasteiger partial charge >= 0.3 is 12.2 Å². The number of ether oxygens (including phenoxy) is 2. The van der Waals surface area contributed by atoms with E-state index in [1.54, 1.807) is 39.7 Å². The van der Waals surface area contributed by atoms with E-state index in [9.17, 15) is 19.2 Å². The number of H-pyrrole nitrogens is 2. The summed E-state index contributed by atoms with van der Waals surface area (Å²) in [4.78, 5) is 73.9. The molecule has 4 amide bonds. The molecule has 1 fully saturated rings. The van der Waals surface area contributed by atoms with Gasteiger partial charge in [0.1, 0.15) is 29.8 Å². The number of methoxy groups -OCH3 is 2. The third-order valence-electron chi connectivity index (χ3n) is 10.4. The fraction of sp³-hybridized carbons (Fsp3) is 0.317. The highest BCUT2D eigenvalue weighted by molar-refractivity contribution is 7.31. The zero-order valence-corrected chi connectivity index (χ0v) is 33.4. The van der Waals surface area contributed by atoms with Crippen molar-refractivity contribution in [2.24, 2.45) is 5.92 Å². The SMILES string of the molecule is COC(=O)N[C@H](C(=O)N1CCCC1c1ncc(-c2cc3sc(-c4ccc5nc(C6C=CCN6C(=O)[C@H](NC(=O)OC)c6ccccc6)[nH]c5c4)cc3s2)[nH]1)C(C)C. The summed E-state index contributed by atoms with van der Waals surface area (Å²) in [6.07, 6.45) is 6.02. The van der Waals surface area contributed by atoms with Crippen molar-refractivity contribution >= 4 is 67.1 Å². The number of carbonyl (C=O) groups excluding carboxylic acids is 4. The van der Waals surface area contributed by atoms with E-state index < -0.39 is 30.3 Å². The summed E-state index contributed by atoms with van der Waals surface area (Å²) in [5.41, 5.74) is 4.23. The van der Waals surface area contributed by atoms with Crippen molar-refractivity contribution in [2.45, 2.75) is 50.9 Å². The Balaban J connectivity index is 0.983. The first-order chi connectivity index (χ1) is 27.6. The number of fused-ring (bicyclic) bond motifs is 2. The standard InChI is InChI=1S/C41H42N8O6S2/c1-22(2)34(46-40(52)54-3)38(50)48-16-8-12-28(48)36-42-21-27(45-36)31-20-33-32(57-31)19-30(56-33)24-14-15-25-26(18-24)44-37(43-25)29-13-9-17-49(29)39(51)35(47-41(53)55-4)23-10-6-5-7-11-23/h5-7,9-11,13-15,18-22,28-29,34-35H,8,12,16-17H2,1-4H3,(H,42,45)(H,43,44)(H,46,52)(H,47,53)/t28?,29?,34-,35+/m0/s1. The highest BCUT2D eigenvalue weighted by atomic mass is 32.1. The fourth-order valence-corrected chi connectivity index (χ4v) is 9.88. The quantitative estimate of drug-likeness (QED) is 0.103. The Morgan fingerprint density at radius 3 is 2.35 bits per heavy atom. The lowest BCUT2D eigenvalue weighted by Gasteiger charge is -2.30. The van der Waals surface area contributed by atoms with Crippen molar-refractivity contribution in [3.05, 3.63) is 96.2 Å². The zero-order valence-electron chi connectivity index (χ0n) is 31.8. The number of likely N-dealkylation sites (tertiary alicyclic amines) is 1. The van der Waals surface area contributed by atoms with Crippen LogP contribution in [0, 0.1) is 5.92 Å². The van der Waals surface area contributed by atoms with E-state index in [1.807, 2.05) is 61.4 Å². The number of benzene rings is 2. The highest BCUT2D eigenvalue weighted by Gasteiger charge is 2.38. The smallest absolute Gasteiger partial charge is 0.407 e. The number of hydrogen-bond acceptors (Lipinski definition) is 10. The molecular weight excluding hydrogens is 765 g/mol. The van der Waals surface area contributed by atoms with E-state index in [0.29, 0.717) is 24.5 Å². The molecule has 8 rings (SSSR count). The lowest BCUT2D eigenvalue weighted by molar-refractivity contribution is -0.135. The number of thiophene rings is 2. The third-order valence-corrected chi connectivity index (χ3v) is 12.8. The number of nitrogens with zero attached hydrogens (tertiary/aromatic N) is 4. The van der Waals surface area contributed by atoms with Gasteiger partial charge in [0.2, 0.25) is 5.91 Å². The van der Waals surface area contributed by atoms with Crippen LogP contribution in [-0.2, 0) is 19.1 Å². The van der Waals surface area contributed by atoms with E-state index in [2.05, 4.69) is 44.9 Å². The van der Waals surface area contributed by atoms with Gasteiger partial charge in [-0.3, -0.25) is 9.59 Å². The van der Waals surface area contributed by atoms with Gasteiger partial charge < -0.3 is 39.9 Å². The number of hydrogen-bond donors (Lipinski definition) is 4. The minimum Gasteiger partial charge on any atom is -0.453 e. The molecule has 1 saturated heterocycles. The number of amides is 4. The second-order valence-electron chi connectivity index (χ2n) is 14.4. The molecule has 0 radical (unpaired) electrons. The van der Waals surface area contributed by atoms with E-state index in [4.69, 9.17) is 19.4 Å². The molecule has 4 atom stereocenters. The summed E-state index contributed by atoms with van der Waals surface area (Å²) in [7, 11) is 2.56. The van der Waals surface area contributed by atoms with Gasteiger partial charge in [-0.05, 0) is 54.2 Å². The number of aromatic nitrogens is 4. The molecule has 2 aliphatic rings. The van der Waals surface area contributed by atoms with E-state index in [0.717, 1.165) is 60.1 Å². The van der Waals surface area contributed by atoms with Crippen LogP contribution >= 0.6 is 22.7 Å². The van der Waals surface area contributed by atoms with Crippen LogP contribution < -0.4 is 10.6 Å². The van der Waals surface area contributed by atoms with Crippen LogP contribution in [0.25, 0.3) is 41.4 Å². The van der Waals surface area contributed by atoms with Crippen LogP contribution in [0.3, 0.4) is 0 Å². The monoisotopic (exact) mass is 806 g/mol. The van der Waals surface area contributed by atoms with Crippen LogP contribution in [0.1, 0.15) is 62.0 Å². The zero-order chi connectivity index (χ0) is 39.8. The molecule has 4 N–H and O–H groups in total. The molecule has 6 aromatic rings. The van der Waals surface area contributed by atoms with Crippen molar-refractivity contribution in [1.82, 2.24) is 40.4 Å². The van der Waals surface area contributed by atoms with Crippen LogP contribution in [-0.4, -0.2) is 87.1 Å². The van der Waals surface area contributed by atoms with Gasteiger partial charge in [0.15, 0.2) is 0 Å². The van der Waals surface area contributed by atoms with Gasteiger partial charge in [-0.1, -0.05) is 62.4 Å². The minimum absolute atomic E-state index is 0.108. The molecule has 0 bridgehead atoms. The van der Waals surface area contributed by atoms with Crippen LogP contribution in [0.15, 0.2) is 79.0 Å². The van der Waals surface area contributed by atoms with Crippen LogP contribution in [0.2, 0.25) is 0 Å². The van der Waals surface area contributed by atoms with Gasteiger partial charge in [-0.15, -0.1) is 22.7 Å². The molecule has 57 heavy (non-hydrogen) atoms. The van der Waals surface area contributed by atoms with Crippen molar-refractivity contribution in [3.63, 3.8) is 0 Å². The van der Waals surface area contributed by atoms with Crippen molar-refractivity contribution in [1.29, 1.82) is 0 Å². The molecule has 2 aromatic carbocycles. The Labute approximate surface area is 336 Å². The van der Waals surface area contributed by atoms with E-state index >= 15 is 0 Å². The maximum atomic E-state index is 13.9. The Morgan fingerprint density at radius 1 is 0.860 bits per heavy atom. The fourth-order valence-electron chi connectivity index (χ4n) is 7.52. The average Bonchev–Trinajstić information content (AvgIpc) is 4.07. The van der Waals surface area contributed by atoms with Crippen molar-refractivity contribution in [2.75, 3.05) is 27.3 Å². The number of rotatable bonds is 10. The number of carbonyl (C=O) groups is 4. The first-order valence-corrected chi connectivity index (χ1v) is 20.3. The predicted molar refractivity (Wildman–Crippen MR) is 219 cm³/mol. The maximum Gasteiger partial charge on any atom is 0.407 e. The molecule has 0 spiro atoms. The molecular formula is C41H42N8O6S2. The normalized spacial score (nSPS) is 17.7. The minimum atomic E-state index is -0.922. The number of nitrogens with one attached hydrogen (secondary N) is 4. The van der Waals surface area contributed by atoms with Crippen molar-refractivity contribution < 1.29 is 28.7 Å². The van der Waals surface area contributed by atoms with Crippen molar-refractivity contribution in [3.8, 4) is 21.0 Å². The Kier molecular flexibility index (Phi) is 10.5. The molecule has 0 aliphatic carbocycles. The van der Waals surface area contributed by atoms with E-state index in [1.165, 1.54) is 14.2 Å². The number of imidazole rings is 2. The molecule has 4 aromatic heterocycles. The highest BCUT2D eigenvalue weighted by Crippen LogP contribution is 2.43. The Morgan fingerprint density at radius 2 is 1.60 bits per heavy atom. The molecule has 14 nitrogen and oxygen atoms in total. The molecule has 2 unspecified atom stereocenters. The molecule has 2 aliphatic heterocycles. The largest absolute Gasteiger partial charge is 0.453 e. The average molecular weight is 807 g/mol. The van der Waals surface area contributed by atoms with Gasteiger partial charge in [-0.25, -0.2) is 19.6 Å². The summed E-state index contributed by atoms with van der Waals surface area (Å²) in [5, 5.41) is 5.40. The Hall–Kier alpha value is -6.00. The summed E-state index contributed by atoms with van der Waals surface area (Å²) in [6, 6.07) is 17.3. The molecule has 0 saturated carbocycles. The second-order valence-corrected chi connectivity index (χ2v) is 16.5. The van der Waals surface area contributed by atoms with Gasteiger partial charge in [0.05, 0.1) is 48.1 Å². The summed E-state index contributed by atoms with van der Waals surface area (Å²) in [6.45, 7) is 4.77. The lowest BCUT2D eigenvalue weighted by Crippen LogP contribution is -2.51. The number of aromatic amines is 2. The van der Waals surface area contributed by atoms with Gasteiger partial charge in [-0.2, -0.15) is 0 Å². The maximum absolute atomic E-state index is 13.9. The molecule has 16 heteroatoms. The lowest BCUT2D eigenvalue weighted by atomic mass is 10.0. The molecule has 6 heterocycles.